The van der Waals surface area contributed by atoms with E-state index in [4.69, 9.17) is 37.9 Å². The van der Waals surface area contributed by atoms with Crippen LogP contribution in [0.15, 0.2) is 91.0 Å². The van der Waals surface area contributed by atoms with Crippen LogP contribution in [-0.4, -0.2) is 99.1 Å². The van der Waals surface area contributed by atoms with Crippen LogP contribution in [-0.2, 0) is 43.5 Å². The van der Waals surface area contributed by atoms with Crippen LogP contribution in [0.1, 0.15) is 126 Å². The van der Waals surface area contributed by atoms with E-state index >= 15 is 0 Å². The van der Waals surface area contributed by atoms with E-state index in [1.165, 1.54) is 96.3 Å². The summed E-state index contributed by atoms with van der Waals surface area (Å²) in [7, 11) is 0. The normalized spacial score (nSPS) is 11.7. The van der Waals surface area contributed by atoms with Gasteiger partial charge in [0.05, 0.1) is 92.5 Å². The summed E-state index contributed by atoms with van der Waals surface area (Å²) in [5.74, 6) is 0. The Bertz CT molecular complexity index is 1200. The minimum Gasteiger partial charge on any atom is -0.379 e. The molecule has 0 saturated heterocycles. The van der Waals surface area contributed by atoms with Gasteiger partial charge >= 0.3 is 0 Å². The van der Waals surface area contributed by atoms with Gasteiger partial charge in [0.25, 0.3) is 0 Å². The molecule has 3 aromatic rings. The molecular formula is C51H80O8. The molecule has 0 aliphatic heterocycles. The van der Waals surface area contributed by atoms with Crippen molar-refractivity contribution in [2.24, 2.45) is 0 Å². The Kier molecular flexibility index (Phi) is 31.9. The van der Waals surface area contributed by atoms with E-state index in [1.54, 1.807) is 0 Å². The van der Waals surface area contributed by atoms with Crippen molar-refractivity contribution >= 4 is 0 Å². The van der Waals surface area contributed by atoms with Gasteiger partial charge < -0.3 is 37.9 Å². The van der Waals surface area contributed by atoms with Crippen LogP contribution < -0.4 is 0 Å². The molecule has 8 heteroatoms. The van der Waals surface area contributed by atoms with E-state index in [0.717, 1.165) is 29.7 Å². The zero-order valence-electron chi connectivity index (χ0n) is 36.8. The predicted octanol–water partition coefficient (Wildman–Crippen LogP) is 11.4. The van der Waals surface area contributed by atoms with Crippen molar-refractivity contribution in [1.29, 1.82) is 0 Å². The first-order chi connectivity index (χ1) is 29.4. The maximum atomic E-state index is 6.75. The Morgan fingerprint density at radius 3 is 0.797 bits per heavy atom. The van der Waals surface area contributed by atoms with Crippen LogP contribution in [0.25, 0.3) is 0 Å². The van der Waals surface area contributed by atoms with Crippen LogP contribution in [0.2, 0.25) is 0 Å². The Balaban J connectivity index is 1.02. The highest BCUT2D eigenvalue weighted by Gasteiger charge is 2.37. The van der Waals surface area contributed by atoms with Gasteiger partial charge in [-0.2, -0.15) is 0 Å². The molecule has 0 N–H and O–H groups in total. The van der Waals surface area contributed by atoms with Crippen molar-refractivity contribution in [3.8, 4) is 0 Å². The molecule has 3 rings (SSSR count). The van der Waals surface area contributed by atoms with E-state index in [0.29, 0.717) is 92.5 Å². The Labute approximate surface area is 358 Å². The third-order valence-corrected chi connectivity index (χ3v) is 10.5. The third-order valence-electron chi connectivity index (χ3n) is 10.5. The number of hydrogen-bond acceptors (Lipinski definition) is 8. The highest BCUT2D eigenvalue weighted by atomic mass is 16.6. The molecule has 0 aliphatic carbocycles. The van der Waals surface area contributed by atoms with Gasteiger partial charge in [-0.25, -0.2) is 0 Å². The van der Waals surface area contributed by atoms with Crippen LogP contribution in [0.5, 0.6) is 0 Å². The molecule has 59 heavy (non-hydrogen) atoms. The highest BCUT2D eigenvalue weighted by molar-refractivity contribution is 5.47. The zero-order chi connectivity index (χ0) is 41.4. The van der Waals surface area contributed by atoms with Crippen molar-refractivity contribution in [2.45, 2.75) is 115 Å². The molecule has 8 nitrogen and oxygen atoms in total. The molecule has 0 fully saturated rings. The number of rotatable bonds is 42. The third kappa shape index (κ3) is 24.4. The number of unbranched alkanes of at least 4 members (excludes halogenated alkanes) is 15. The standard InChI is InChI=1S/C51H80O8/c1-2-3-4-5-6-7-8-9-10-11-12-13-14-15-16-26-33-52-34-35-53-36-37-54-38-39-55-40-41-56-42-43-57-44-45-58-46-47-59-51(48-27-20-17-21-28-48,49-29-22-18-23-30-49)50-31-24-19-25-32-50/h17-25,27-32H,2-16,26,33-47H2,1H3. The second kappa shape index (κ2) is 37.1. The second-order valence-corrected chi connectivity index (χ2v) is 15.2. The summed E-state index contributed by atoms with van der Waals surface area (Å²) in [6, 6.07) is 31.1. The minimum absolute atomic E-state index is 0.426. The molecule has 0 atom stereocenters. The monoisotopic (exact) mass is 821 g/mol. The maximum Gasteiger partial charge on any atom is 0.143 e. The SMILES string of the molecule is CCCCCCCCCCCCCCCCCCOCCOCCOCCOCCOCCOCCOCCOC(c1ccccc1)(c1ccccc1)c1ccccc1. The average Bonchev–Trinajstić information content (AvgIpc) is 3.28. The van der Waals surface area contributed by atoms with Crippen LogP contribution in [0, 0.1) is 0 Å². The topological polar surface area (TPSA) is 73.8 Å². The first-order valence-corrected chi connectivity index (χ1v) is 23.2. The summed E-state index contributed by atoms with van der Waals surface area (Å²) in [6.45, 7) is 10.5. The van der Waals surface area contributed by atoms with Crippen molar-refractivity contribution in [1.82, 2.24) is 0 Å². The molecular weight excluding hydrogens is 741 g/mol. The van der Waals surface area contributed by atoms with Gasteiger partial charge in [-0.1, -0.05) is 194 Å². The molecule has 0 unspecified atom stereocenters. The molecule has 0 heterocycles. The quantitative estimate of drug-likeness (QED) is 0.0413. The Morgan fingerprint density at radius 1 is 0.271 bits per heavy atom. The van der Waals surface area contributed by atoms with E-state index in [1.807, 2.05) is 18.2 Å². The molecule has 0 aromatic heterocycles. The van der Waals surface area contributed by atoms with E-state index in [2.05, 4.69) is 79.7 Å². The summed E-state index contributed by atoms with van der Waals surface area (Å²) in [5, 5.41) is 0. The van der Waals surface area contributed by atoms with Gasteiger partial charge in [0.2, 0.25) is 0 Å². The summed E-state index contributed by atoms with van der Waals surface area (Å²) in [4.78, 5) is 0. The summed E-state index contributed by atoms with van der Waals surface area (Å²) in [6.07, 6.45) is 22.2. The fourth-order valence-electron chi connectivity index (χ4n) is 7.20. The van der Waals surface area contributed by atoms with E-state index in [-0.39, 0.29) is 0 Å². The lowest BCUT2D eigenvalue weighted by atomic mass is 9.80. The van der Waals surface area contributed by atoms with Crippen LogP contribution >= 0.6 is 0 Å². The summed E-state index contributed by atoms with van der Waals surface area (Å²) < 4.78 is 46.4. The zero-order valence-corrected chi connectivity index (χ0v) is 36.8. The molecule has 332 valence electrons. The maximum absolute atomic E-state index is 6.75. The lowest BCUT2D eigenvalue weighted by Crippen LogP contribution is -2.34. The van der Waals surface area contributed by atoms with E-state index < -0.39 is 5.60 Å². The van der Waals surface area contributed by atoms with Crippen molar-refractivity contribution in [2.75, 3.05) is 99.1 Å². The smallest absolute Gasteiger partial charge is 0.143 e. The van der Waals surface area contributed by atoms with Crippen molar-refractivity contribution in [3.63, 3.8) is 0 Å². The Morgan fingerprint density at radius 2 is 0.508 bits per heavy atom. The highest BCUT2D eigenvalue weighted by Crippen LogP contribution is 2.40. The number of hydrogen-bond donors (Lipinski definition) is 0. The van der Waals surface area contributed by atoms with Crippen LogP contribution in [0.3, 0.4) is 0 Å². The van der Waals surface area contributed by atoms with Crippen LogP contribution in [0.4, 0.5) is 0 Å². The number of ether oxygens (including phenoxy) is 8. The molecule has 0 radical (unpaired) electrons. The lowest BCUT2D eigenvalue weighted by Gasteiger charge is -2.36. The molecule has 0 bridgehead atoms. The summed E-state index contributed by atoms with van der Waals surface area (Å²) in [5.41, 5.74) is 2.49. The second-order valence-electron chi connectivity index (χ2n) is 15.2. The first-order valence-electron chi connectivity index (χ1n) is 23.2. The Hall–Kier alpha value is -2.66. The van der Waals surface area contributed by atoms with Gasteiger partial charge in [-0.15, -0.1) is 0 Å². The van der Waals surface area contributed by atoms with Gasteiger partial charge in [-0.05, 0) is 23.1 Å². The predicted molar refractivity (Wildman–Crippen MR) is 240 cm³/mol. The first kappa shape index (κ1) is 50.7. The average molecular weight is 821 g/mol. The van der Waals surface area contributed by atoms with Crippen molar-refractivity contribution < 1.29 is 37.9 Å². The number of benzene rings is 3. The fourth-order valence-corrected chi connectivity index (χ4v) is 7.20. The van der Waals surface area contributed by atoms with Gasteiger partial charge in [0.15, 0.2) is 0 Å². The largest absolute Gasteiger partial charge is 0.379 e. The van der Waals surface area contributed by atoms with Gasteiger partial charge in [0.1, 0.15) is 5.60 Å². The van der Waals surface area contributed by atoms with Gasteiger partial charge in [-0.3, -0.25) is 0 Å². The summed E-state index contributed by atoms with van der Waals surface area (Å²) >= 11 is 0. The fraction of sp³-hybridized carbons (Fsp3) is 0.647. The van der Waals surface area contributed by atoms with Gasteiger partial charge in [0, 0.05) is 6.61 Å². The molecule has 0 spiro atoms. The molecule has 0 saturated carbocycles. The molecule has 3 aromatic carbocycles. The molecule has 0 amide bonds. The van der Waals surface area contributed by atoms with E-state index in [9.17, 15) is 0 Å². The minimum atomic E-state index is -0.743. The van der Waals surface area contributed by atoms with Crippen molar-refractivity contribution in [3.05, 3.63) is 108 Å². The lowest BCUT2D eigenvalue weighted by molar-refractivity contribution is -0.0397. The molecule has 0 aliphatic rings.